The number of fused-ring (bicyclic) bond motifs is 1. The average molecular weight is 256 g/mol. The van der Waals surface area contributed by atoms with Crippen LogP contribution in [0.25, 0.3) is 10.9 Å². The molecule has 0 atom stereocenters. The van der Waals surface area contributed by atoms with Gasteiger partial charge in [0.1, 0.15) is 11.5 Å². The number of aromatic nitrogens is 1. The molecule has 0 radical (unpaired) electrons. The van der Waals surface area contributed by atoms with Crippen LogP contribution in [0, 0.1) is 0 Å². The van der Waals surface area contributed by atoms with Gasteiger partial charge in [-0.2, -0.15) is 0 Å². The minimum Gasteiger partial charge on any atom is -0.508 e. The van der Waals surface area contributed by atoms with Crippen LogP contribution in [0.2, 0.25) is 0 Å². The number of rotatable bonds is 5. The van der Waals surface area contributed by atoms with E-state index < -0.39 is 0 Å². The molecule has 3 N–H and O–H groups in total. The van der Waals surface area contributed by atoms with Crippen LogP contribution in [0.5, 0.6) is 5.75 Å². The lowest BCUT2D eigenvalue weighted by Crippen LogP contribution is -2.16. The summed E-state index contributed by atoms with van der Waals surface area (Å²) < 4.78 is 5.26. The first-order valence-corrected chi connectivity index (χ1v) is 6.35. The van der Waals surface area contributed by atoms with Crippen molar-refractivity contribution in [1.82, 2.24) is 10.3 Å². The molecule has 1 aromatic carbocycles. The van der Waals surface area contributed by atoms with Crippen molar-refractivity contribution in [3.8, 4) is 5.75 Å². The molecule has 2 aromatic heterocycles. The SMILES string of the molecule is Oc1ccc2[nH]cc(CCNCc3ccco3)c2c1. The summed E-state index contributed by atoms with van der Waals surface area (Å²) in [5, 5.41) is 13.9. The van der Waals surface area contributed by atoms with Gasteiger partial charge in [-0.15, -0.1) is 0 Å². The summed E-state index contributed by atoms with van der Waals surface area (Å²) >= 11 is 0. The van der Waals surface area contributed by atoms with Gasteiger partial charge in [0, 0.05) is 17.1 Å². The van der Waals surface area contributed by atoms with E-state index in [-0.39, 0.29) is 0 Å². The van der Waals surface area contributed by atoms with Crippen LogP contribution in [-0.2, 0) is 13.0 Å². The van der Waals surface area contributed by atoms with Gasteiger partial charge in [-0.25, -0.2) is 0 Å². The Balaban J connectivity index is 1.60. The third-order valence-electron chi connectivity index (χ3n) is 3.20. The van der Waals surface area contributed by atoms with Gasteiger partial charge in [0.2, 0.25) is 0 Å². The number of aromatic amines is 1. The molecule has 0 aliphatic rings. The molecule has 0 amide bonds. The van der Waals surface area contributed by atoms with Crippen molar-refractivity contribution in [3.05, 3.63) is 54.1 Å². The number of phenols is 1. The maximum atomic E-state index is 9.53. The number of benzene rings is 1. The molecule has 0 unspecified atom stereocenters. The van der Waals surface area contributed by atoms with E-state index in [1.165, 1.54) is 5.56 Å². The molecule has 3 rings (SSSR count). The number of hydrogen-bond acceptors (Lipinski definition) is 3. The Morgan fingerprint density at radius 1 is 1.26 bits per heavy atom. The highest BCUT2D eigenvalue weighted by Gasteiger charge is 2.04. The highest BCUT2D eigenvalue weighted by molar-refractivity contribution is 5.84. The molecule has 0 bridgehead atoms. The minimum absolute atomic E-state index is 0.303. The van der Waals surface area contributed by atoms with Crippen molar-refractivity contribution in [2.45, 2.75) is 13.0 Å². The molecule has 0 aliphatic carbocycles. The van der Waals surface area contributed by atoms with Crippen molar-refractivity contribution in [1.29, 1.82) is 0 Å². The summed E-state index contributed by atoms with van der Waals surface area (Å²) in [6.07, 6.45) is 4.59. The van der Waals surface area contributed by atoms with E-state index in [0.717, 1.165) is 36.2 Å². The van der Waals surface area contributed by atoms with E-state index >= 15 is 0 Å². The first-order chi connectivity index (χ1) is 9.33. The Hall–Kier alpha value is -2.20. The lowest BCUT2D eigenvalue weighted by molar-refractivity contribution is 0.476. The van der Waals surface area contributed by atoms with E-state index in [2.05, 4.69) is 10.3 Å². The average Bonchev–Trinajstić information content (AvgIpc) is 3.04. The van der Waals surface area contributed by atoms with Gasteiger partial charge in [-0.05, 0) is 48.9 Å². The Labute approximate surface area is 111 Å². The Morgan fingerprint density at radius 2 is 2.21 bits per heavy atom. The summed E-state index contributed by atoms with van der Waals surface area (Å²) in [7, 11) is 0. The summed E-state index contributed by atoms with van der Waals surface area (Å²) in [5.41, 5.74) is 2.26. The molecule has 0 spiro atoms. The number of nitrogens with one attached hydrogen (secondary N) is 2. The fraction of sp³-hybridized carbons (Fsp3) is 0.200. The Kier molecular flexibility index (Phi) is 3.25. The van der Waals surface area contributed by atoms with Crippen LogP contribution in [-0.4, -0.2) is 16.6 Å². The van der Waals surface area contributed by atoms with Crippen molar-refractivity contribution in [2.24, 2.45) is 0 Å². The number of furan rings is 1. The van der Waals surface area contributed by atoms with E-state index in [1.54, 1.807) is 18.4 Å². The maximum absolute atomic E-state index is 9.53. The van der Waals surface area contributed by atoms with Crippen LogP contribution in [0.4, 0.5) is 0 Å². The van der Waals surface area contributed by atoms with Gasteiger partial charge in [0.25, 0.3) is 0 Å². The van der Waals surface area contributed by atoms with Crippen LogP contribution in [0.3, 0.4) is 0 Å². The fourth-order valence-electron chi connectivity index (χ4n) is 2.22. The third kappa shape index (κ3) is 2.63. The molecule has 4 nitrogen and oxygen atoms in total. The molecule has 2 heterocycles. The zero-order valence-corrected chi connectivity index (χ0v) is 10.5. The zero-order valence-electron chi connectivity index (χ0n) is 10.5. The van der Waals surface area contributed by atoms with E-state index in [9.17, 15) is 5.11 Å². The fourth-order valence-corrected chi connectivity index (χ4v) is 2.22. The largest absolute Gasteiger partial charge is 0.508 e. The Bertz CT molecular complexity index is 656. The van der Waals surface area contributed by atoms with Gasteiger partial charge in [-0.1, -0.05) is 0 Å². The molecular formula is C15H16N2O2. The molecule has 3 aromatic rings. The Morgan fingerprint density at radius 3 is 3.05 bits per heavy atom. The van der Waals surface area contributed by atoms with E-state index in [1.807, 2.05) is 24.4 Å². The monoisotopic (exact) mass is 256 g/mol. The quantitative estimate of drug-likeness (QED) is 0.615. The third-order valence-corrected chi connectivity index (χ3v) is 3.20. The zero-order chi connectivity index (χ0) is 13.1. The first-order valence-electron chi connectivity index (χ1n) is 6.35. The van der Waals surface area contributed by atoms with Crippen LogP contribution < -0.4 is 5.32 Å². The van der Waals surface area contributed by atoms with Crippen LogP contribution in [0.15, 0.2) is 47.2 Å². The molecule has 0 fully saturated rings. The minimum atomic E-state index is 0.303. The molecule has 0 aliphatic heterocycles. The van der Waals surface area contributed by atoms with Crippen molar-refractivity contribution in [3.63, 3.8) is 0 Å². The molecular weight excluding hydrogens is 240 g/mol. The predicted molar refractivity (Wildman–Crippen MR) is 74.1 cm³/mol. The summed E-state index contributed by atoms with van der Waals surface area (Å²) in [6, 6.07) is 9.23. The summed E-state index contributed by atoms with van der Waals surface area (Å²) in [5.74, 6) is 1.24. The highest BCUT2D eigenvalue weighted by atomic mass is 16.3. The number of H-pyrrole nitrogens is 1. The first kappa shape index (κ1) is 11.9. The molecule has 4 heteroatoms. The van der Waals surface area contributed by atoms with Crippen molar-refractivity contribution >= 4 is 10.9 Å². The molecule has 19 heavy (non-hydrogen) atoms. The lowest BCUT2D eigenvalue weighted by Gasteiger charge is -2.02. The van der Waals surface area contributed by atoms with Crippen molar-refractivity contribution in [2.75, 3.05) is 6.54 Å². The van der Waals surface area contributed by atoms with E-state index in [0.29, 0.717) is 5.75 Å². The smallest absolute Gasteiger partial charge is 0.117 e. The predicted octanol–water partition coefficient (Wildman–Crippen LogP) is 2.80. The second kappa shape index (κ2) is 5.20. The molecule has 0 saturated carbocycles. The topological polar surface area (TPSA) is 61.2 Å². The highest BCUT2D eigenvalue weighted by Crippen LogP contribution is 2.22. The number of hydrogen-bond donors (Lipinski definition) is 3. The van der Waals surface area contributed by atoms with Crippen molar-refractivity contribution < 1.29 is 9.52 Å². The second-order valence-corrected chi connectivity index (χ2v) is 4.55. The van der Waals surface area contributed by atoms with Gasteiger partial charge in [-0.3, -0.25) is 0 Å². The summed E-state index contributed by atoms with van der Waals surface area (Å²) in [4.78, 5) is 3.21. The molecule has 98 valence electrons. The van der Waals surface area contributed by atoms with Crippen LogP contribution in [0.1, 0.15) is 11.3 Å². The summed E-state index contributed by atoms with van der Waals surface area (Å²) in [6.45, 7) is 1.60. The number of phenolic OH excluding ortho intramolecular Hbond substituents is 1. The normalized spacial score (nSPS) is 11.2. The second-order valence-electron chi connectivity index (χ2n) is 4.55. The van der Waals surface area contributed by atoms with Gasteiger partial charge in [0.15, 0.2) is 0 Å². The van der Waals surface area contributed by atoms with Gasteiger partial charge < -0.3 is 19.8 Å². The standard InChI is InChI=1S/C15H16N2O2/c18-12-3-4-15-14(8-12)11(9-17-15)5-6-16-10-13-2-1-7-19-13/h1-4,7-9,16-18H,5-6,10H2. The lowest BCUT2D eigenvalue weighted by atomic mass is 10.1. The molecule has 0 saturated heterocycles. The number of aromatic hydroxyl groups is 1. The van der Waals surface area contributed by atoms with Gasteiger partial charge >= 0.3 is 0 Å². The van der Waals surface area contributed by atoms with Gasteiger partial charge in [0.05, 0.1) is 12.8 Å². The van der Waals surface area contributed by atoms with Crippen LogP contribution >= 0.6 is 0 Å². The maximum Gasteiger partial charge on any atom is 0.117 e. The van der Waals surface area contributed by atoms with E-state index in [4.69, 9.17) is 4.42 Å².